The van der Waals surface area contributed by atoms with Crippen LogP contribution < -0.4 is 5.32 Å². The van der Waals surface area contributed by atoms with Crippen molar-refractivity contribution >= 4 is 11.6 Å². The highest BCUT2D eigenvalue weighted by Gasteiger charge is 2.29. The van der Waals surface area contributed by atoms with E-state index in [2.05, 4.69) is 20.3 Å². The average Bonchev–Trinajstić information content (AvgIpc) is 3.19. The molecule has 3 aromatic heterocycles. The zero-order valence-electron chi connectivity index (χ0n) is 16.5. The van der Waals surface area contributed by atoms with Gasteiger partial charge in [0, 0.05) is 30.2 Å². The largest absolute Gasteiger partial charge is 0.416 e. The molecule has 0 atom stereocenters. The van der Waals surface area contributed by atoms with Gasteiger partial charge in [-0.1, -0.05) is 12.1 Å². The van der Waals surface area contributed by atoms with Crippen LogP contribution in [0.2, 0.25) is 0 Å². The molecule has 0 saturated heterocycles. The minimum atomic E-state index is -4.37. The lowest BCUT2D eigenvalue weighted by Crippen LogP contribution is -2.26. The summed E-state index contributed by atoms with van der Waals surface area (Å²) in [6, 6.07) is 10.5. The number of aromatic nitrogens is 4. The molecule has 0 bridgehead atoms. The maximum absolute atomic E-state index is 12.7. The summed E-state index contributed by atoms with van der Waals surface area (Å²) in [7, 11) is 0. The molecule has 4 aromatic rings. The smallest absolute Gasteiger partial charge is 0.350 e. The Labute approximate surface area is 175 Å². The molecule has 3 heterocycles. The van der Waals surface area contributed by atoms with E-state index in [1.54, 1.807) is 16.8 Å². The summed E-state index contributed by atoms with van der Waals surface area (Å²) in [5.74, 6) is -0.398. The second-order valence-corrected chi connectivity index (χ2v) is 7.01. The molecule has 158 valence electrons. The first-order valence-electron chi connectivity index (χ1n) is 9.52. The van der Waals surface area contributed by atoms with E-state index in [1.807, 2.05) is 25.1 Å². The van der Waals surface area contributed by atoms with E-state index < -0.39 is 17.6 Å². The number of rotatable bonds is 5. The molecule has 0 aliphatic heterocycles. The summed E-state index contributed by atoms with van der Waals surface area (Å²) >= 11 is 0. The highest BCUT2D eigenvalue weighted by atomic mass is 19.4. The summed E-state index contributed by atoms with van der Waals surface area (Å²) in [4.78, 5) is 25.5. The van der Waals surface area contributed by atoms with Crippen molar-refractivity contribution in [3.8, 4) is 11.3 Å². The van der Waals surface area contributed by atoms with Crippen molar-refractivity contribution in [1.29, 1.82) is 0 Å². The van der Waals surface area contributed by atoms with Crippen LogP contribution in [0.15, 0.2) is 61.2 Å². The number of carbonyl (C=O) groups is 1. The number of nitrogens with one attached hydrogen (secondary N) is 1. The number of aryl methyl sites for hydroxylation is 1. The number of amides is 1. The van der Waals surface area contributed by atoms with Crippen LogP contribution >= 0.6 is 0 Å². The molecule has 0 aliphatic carbocycles. The predicted molar refractivity (Wildman–Crippen MR) is 108 cm³/mol. The third-order valence-electron chi connectivity index (χ3n) is 4.85. The Bertz CT molecular complexity index is 1220. The van der Waals surface area contributed by atoms with Crippen molar-refractivity contribution in [3.05, 3.63) is 83.7 Å². The lowest BCUT2D eigenvalue weighted by molar-refractivity contribution is -0.137. The van der Waals surface area contributed by atoms with Gasteiger partial charge in [-0.25, -0.2) is 9.97 Å². The Balaban J connectivity index is 1.48. The van der Waals surface area contributed by atoms with Crippen molar-refractivity contribution in [2.45, 2.75) is 19.5 Å². The van der Waals surface area contributed by atoms with E-state index in [-0.39, 0.29) is 12.2 Å². The minimum Gasteiger partial charge on any atom is -0.350 e. The molecule has 0 saturated carbocycles. The van der Waals surface area contributed by atoms with Crippen LogP contribution in [0.5, 0.6) is 0 Å². The van der Waals surface area contributed by atoms with Crippen LogP contribution in [0.25, 0.3) is 16.9 Å². The van der Waals surface area contributed by atoms with Gasteiger partial charge in [-0.3, -0.25) is 14.2 Å². The SMILES string of the molecule is Cc1cc(-c2cccnc2)nc2c(C(=O)NCCc3ccc(C(F)(F)F)cc3)ncn12. The van der Waals surface area contributed by atoms with Crippen LogP contribution in [-0.2, 0) is 12.6 Å². The van der Waals surface area contributed by atoms with Crippen LogP contribution in [-0.4, -0.2) is 31.8 Å². The maximum atomic E-state index is 12.7. The monoisotopic (exact) mass is 425 g/mol. The van der Waals surface area contributed by atoms with Gasteiger partial charge in [0.1, 0.15) is 6.33 Å². The number of pyridine rings is 1. The highest BCUT2D eigenvalue weighted by molar-refractivity contribution is 5.98. The lowest BCUT2D eigenvalue weighted by atomic mass is 10.1. The summed E-state index contributed by atoms with van der Waals surface area (Å²) in [6.45, 7) is 2.15. The molecule has 6 nitrogen and oxygen atoms in total. The standard InChI is InChI=1S/C22H18F3N5O/c1-14-11-18(16-3-2-9-26-12-16)29-20-19(28-13-30(14)20)21(31)27-10-8-15-4-6-17(7-5-15)22(23,24)25/h2-7,9,11-13H,8,10H2,1H3,(H,27,31). The molecule has 0 radical (unpaired) electrons. The van der Waals surface area contributed by atoms with Crippen LogP contribution in [0, 0.1) is 6.92 Å². The molecule has 1 N–H and O–H groups in total. The Morgan fingerprint density at radius 2 is 1.94 bits per heavy atom. The van der Waals surface area contributed by atoms with Crippen molar-refractivity contribution < 1.29 is 18.0 Å². The quantitative estimate of drug-likeness (QED) is 0.523. The van der Waals surface area contributed by atoms with Gasteiger partial charge in [0.05, 0.1) is 11.3 Å². The molecule has 0 unspecified atom stereocenters. The van der Waals surface area contributed by atoms with Gasteiger partial charge in [0.25, 0.3) is 5.91 Å². The van der Waals surface area contributed by atoms with E-state index in [4.69, 9.17) is 0 Å². The van der Waals surface area contributed by atoms with Crippen molar-refractivity contribution in [3.63, 3.8) is 0 Å². The van der Waals surface area contributed by atoms with E-state index in [0.717, 1.165) is 23.4 Å². The zero-order chi connectivity index (χ0) is 22.0. The first-order chi connectivity index (χ1) is 14.8. The molecule has 1 amide bonds. The fourth-order valence-corrected chi connectivity index (χ4v) is 3.21. The lowest BCUT2D eigenvalue weighted by Gasteiger charge is -2.08. The number of halogens is 3. The molecule has 1 aromatic carbocycles. The first-order valence-corrected chi connectivity index (χ1v) is 9.52. The van der Waals surface area contributed by atoms with Gasteiger partial charge in [-0.2, -0.15) is 13.2 Å². The highest BCUT2D eigenvalue weighted by Crippen LogP contribution is 2.29. The van der Waals surface area contributed by atoms with Gasteiger partial charge >= 0.3 is 6.18 Å². The number of benzene rings is 1. The number of nitrogens with zero attached hydrogens (tertiary/aromatic N) is 4. The van der Waals surface area contributed by atoms with E-state index in [1.165, 1.54) is 18.5 Å². The normalized spacial score (nSPS) is 11.6. The third kappa shape index (κ3) is 4.40. The number of alkyl halides is 3. The Hall–Kier alpha value is -3.75. The molecular formula is C22H18F3N5O. The molecule has 4 rings (SSSR count). The Morgan fingerprint density at radius 3 is 2.61 bits per heavy atom. The molecule has 9 heteroatoms. The van der Waals surface area contributed by atoms with Gasteiger partial charge in [0.2, 0.25) is 0 Å². The Kier molecular flexibility index (Phi) is 5.41. The Morgan fingerprint density at radius 1 is 1.16 bits per heavy atom. The minimum absolute atomic E-state index is 0.182. The van der Waals surface area contributed by atoms with Crippen LogP contribution in [0.1, 0.15) is 27.3 Å². The first kappa shape index (κ1) is 20.5. The van der Waals surface area contributed by atoms with Crippen molar-refractivity contribution in [2.24, 2.45) is 0 Å². The van der Waals surface area contributed by atoms with Gasteiger partial charge in [-0.15, -0.1) is 0 Å². The topological polar surface area (TPSA) is 72.2 Å². The van der Waals surface area contributed by atoms with E-state index in [0.29, 0.717) is 23.3 Å². The second kappa shape index (κ2) is 8.17. The fraction of sp³-hybridized carbons (Fsp3) is 0.182. The van der Waals surface area contributed by atoms with E-state index >= 15 is 0 Å². The molecule has 0 aliphatic rings. The molecule has 31 heavy (non-hydrogen) atoms. The van der Waals surface area contributed by atoms with Gasteiger partial charge in [0.15, 0.2) is 11.3 Å². The number of fused-ring (bicyclic) bond motifs is 1. The van der Waals surface area contributed by atoms with E-state index in [9.17, 15) is 18.0 Å². The van der Waals surface area contributed by atoms with Crippen LogP contribution in [0.4, 0.5) is 13.2 Å². The molecule has 0 spiro atoms. The molecular weight excluding hydrogens is 407 g/mol. The second-order valence-electron chi connectivity index (χ2n) is 7.01. The number of hydrogen-bond donors (Lipinski definition) is 1. The maximum Gasteiger partial charge on any atom is 0.416 e. The number of hydrogen-bond acceptors (Lipinski definition) is 4. The van der Waals surface area contributed by atoms with Crippen molar-refractivity contribution in [1.82, 2.24) is 24.7 Å². The average molecular weight is 425 g/mol. The summed E-state index contributed by atoms with van der Waals surface area (Å²) < 4.78 is 39.7. The third-order valence-corrected chi connectivity index (χ3v) is 4.85. The van der Waals surface area contributed by atoms with Gasteiger partial charge in [-0.05, 0) is 49.2 Å². The fourth-order valence-electron chi connectivity index (χ4n) is 3.21. The van der Waals surface area contributed by atoms with Crippen molar-refractivity contribution in [2.75, 3.05) is 6.54 Å². The molecule has 0 fully saturated rings. The number of imidazole rings is 1. The van der Waals surface area contributed by atoms with Crippen LogP contribution in [0.3, 0.4) is 0 Å². The summed E-state index contributed by atoms with van der Waals surface area (Å²) in [6.07, 6.45) is 0.926. The summed E-state index contributed by atoms with van der Waals surface area (Å²) in [5, 5.41) is 2.76. The zero-order valence-corrected chi connectivity index (χ0v) is 16.5. The van der Waals surface area contributed by atoms with Gasteiger partial charge < -0.3 is 5.32 Å². The predicted octanol–water partition coefficient (Wildman–Crippen LogP) is 4.09. The number of carbonyl (C=O) groups excluding carboxylic acids is 1. The summed E-state index contributed by atoms with van der Waals surface area (Å²) in [5.41, 5.74) is 2.96.